The Morgan fingerprint density at radius 2 is 1.92 bits per heavy atom. The number of aromatic hydroxyl groups is 1. The Hall–Kier alpha value is -1.97. The molecule has 0 amide bonds. The normalized spacial score (nSPS) is 10.2. The molecule has 0 atom stereocenters. The topological polar surface area (TPSA) is 64.1 Å². The maximum absolute atomic E-state index is 9.41. The third-order valence-electron chi connectivity index (χ3n) is 1.71. The second-order valence-corrected chi connectivity index (χ2v) is 2.67. The largest absolute Gasteiger partial charge is 0.493 e. The highest BCUT2D eigenvalue weighted by atomic mass is 16.3. The van der Waals surface area contributed by atoms with E-state index >= 15 is 0 Å². The summed E-state index contributed by atoms with van der Waals surface area (Å²) >= 11 is 0. The Kier molecular flexibility index (Phi) is 1.66. The highest BCUT2D eigenvalue weighted by Gasteiger charge is 2.04. The van der Waals surface area contributed by atoms with Crippen LogP contribution in [0.25, 0.3) is 5.69 Å². The van der Waals surface area contributed by atoms with Crippen molar-refractivity contribution in [3.63, 3.8) is 0 Å². The number of para-hydroxylation sites is 1. The van der Waals surface area contributed by atoms with Crippen LogP contribution in [0.4, 0.5) is 5.82 Å². The number of benzene rings is 1. The predicted octanol–water partition coefficient (Wildman–Crippen LogP) is 1.16. The molecule has 1 aromatic carbocycles. The number of nitrogens with two attached hydrogens (primary N) is 1. The maximum atomic E-state index is 9.41. The molecule has 0 radical (unpaired) electrons. The summed E-state index contributed by atoms with van der Waals surface area (Å²) < 4.78 is 1.38. The van der Waals surface area contributed by atoms with E-state index in [-0.39, 0.29) is 5.88 Å². The fourth-order valence-electron chi connectivity index (χ4n) is 1.15. The van der Waals surface area contributed by atoms with Gasteiger partial charge in [0.05, 0.1) is 5.69 Å². The van der Waals surface area contributed by atoms with Gasteiger partial charge in [-0.15, -0.1) is 5.10 Å². The molecule has 0 aliphatic carbocycles. The summed E-state index contributed by atoms with van der Waals surface area (Å²) in [5.41, 5.74) is 6.21. The maximum Gasteiger partial charge on any atom is 0.216 e. The van der Waals surface area contributed by atoms with Gasteiger partial charge in [0.15, 0.2) is 0 Å². The van der Waals surface area contributed by atoms with Crippen molar-refractivity contribution in [2.75, 3.05) is 5.73 Å². The standard InChI is InChI=1S/C9H9N3O/c10-8-6-9(13)12(11-8)7-4-2-1-3-5-7/h1-6,13H,(H2,10,11). The molecule has 0 aliphatic heterocycles. The molecular formula is C9H9N3O. The molecule has 0 spiro atoms. The zero-order valence-corrected chi connectivity index (χ0v) is 6.88. The van der Waals surface area contributed by atoms with Crippen molar-refractivity contribution < 1.29 is 5.11 Å². The van der Waals surface area contributed by atoms with Crippen LogP contribution in [0.3, 0.4) is 0 Å². The number of hydrogen-bond donors (Lipinski definition) is 2. The fraction of sp³-hybridized carbons (Fsp3) is 0. The molecule has 66 valence electrons. The van der Waals surface area contributed by atoms with Gasteiger partial charge in [0.25, 0.3) is 0 Å². The van der Waals surface area contributed by atoms with E-state index in [0.717, 1.165) is 5.69 Å². The van der Waals surface area contributed by atoms with Crippen molar-refractivity contribution in [3.05, 3.63) is 36.4 Å². The number of aromatic nitrogens is 2. The number of anilines is 1. The third kappa shape index (κ3) is 1.33. The third-order valence-corrected chi connectivity index (χ3v) is 1.71. The minimum atomic E-state index is 0.0451. The molecule has 0 saturated carbocycles. The summed E-state index contributed by atoms with van der Waals surface area (Å²) in [6.07, 6.45) is 0. The molecule has 3 N–H and O–H groups in total. The monoisotopic (exact) mass is 175 g/mol. The lowest BCUT2D eigenvalue weighted by molar-refractivity contribution is 0.433. The van der Waals surface area contributed by atoms with Crippen LogP contribution in [-0.4, -0.2) is 14.9 Å². The van der Waals surface area contributed by atoms with Crippen molar-refractivity contribution in [1.82, 2.24) is 9.78 Å². The molecule has 1 heterocycles. The Balaban J connectivity index is 2.53. The van der Waals surface area contributed by atoms with Crippen molar-refractivity contribution in [3.8, 4) is 11.6 Å². The second kappa shape index (κ2) is 2.82. The Morgan fingerprint density at radius 1 is 1.23 bits per heavy atom. The van der Waals surface area contributed by atoms with E-state index in [1.54, 1.807) is 0 Å². The zero-order valence-electron chi connectivity index (χ0n) is 6.88. The van der Waals surface area contributed by atoms with Crippen molar-refractivity contribution in [2.24, 2.45) is 0 Å². The summed E-state index contributed by atoms with van der Waals surface area (Å²) in [4.78, 5) is 0. The van der Waals surface area contributed by atoms with Crippen molar-refractivity contribution in [2.45, 2.75) is 0 Å². The average Bonchev–Trinajstić information content (AvgIpc) is 2.47. The molecule has 0 saturated heterocycles. The van der Waals surface area contributed by atoms with Gasteiger partial charge in [-0.2, -0.15) is 4.68 Å². The van der Waals surface area contributed by atoms with Crippen LogP contribution >= 0.6 is 0 Å². The van der Waals surface area contributed by atoms with E-state index in [4.69, 9.17) is 5.73 Å². The van der Waals surface area contributed by atoms with Gasteiger partial charge in [-0.25, -0.2) is 0 Å². The van der Waals surface area contributed by atoms with Gasteiger partial charge in [0.2, 0.25) is 5.88 Å². The van der Waals surface area contributed by atoms with E-state index in [0.29, 0.717) is 5.82 Å². The zero-order chi connectivity index (χ0) is 9.26. The van der Waals surface area contributed by atoms with Crippen LogP contribution in [0.15, 0.2) is 36.4 Å². The lowest BCUT2D eigenvalue weighted by Gasteiger charge is -2.00. The number of hydrogen-bond acceptors (Lipinski definition) is 3. The summed E-state index contributed by atoms with van der Waals surface area (Å²) in [6, 6.07) is 10.7. The average molecular weight is 175 g/mol. The van der Waals surface area contributed by atoms with E-state index in [2.05, 4.69) is 5.10 Å². The van der Waals surface area contributed by atoms with Crippen LogP contribution in [-0.2, 0) is 0 Å². The second-order valence-electron chi connectivity index (χ2n) is 2.67. The van der Waals surface area contributed by atoms with E-state index in [9.17, 15) is 5.11 Å². The first-order valence-corrected chi connectivity index (χ1v) is 3.87. The Morgan fingerprint density at radius 3 is 2.46 bits per heavy atom. The first-order chi connectivity index (χ1) is 6.27. The Bertz CT molecular complexity index is 408. The lowest BCUT2D eigenvalue weighted by atomic mass is 10.3. The van der Waals surface area contributed by atoms with Crippen LogP contribution < -0.4 is 5.73 Å². The van der Waals surface area contributed by atoms with E-state index in [1.807, 2.05) is 30.3 Å². The van der Waals surface area contributed by atoms with Gasteiger partial charge in [0, 0.05) is 6.07 Å². The molecule has 0 unspecified atom stereocenters. The minimum Gasteiger partial charge on any atom is -0.493 e. The van der Waals surface area contributed by atoms with Crippen LogP contribution in [0.5, 0.6) is 5.88 Å². The van der Waals surface area contributed by atoms with Gasteiger partial charge in [-0.1, -0.05) is 18.2 Å². The Labute approximate surface area is 75.2 Å². The van der Waals surface area contributed by atoms with Gasteiger partial charge in [0.1, 0.15) is 5.82 Å². The smallest absolute Gasteiger partial charge is 0.216 e. The molecule has 1 aromatic heterocycles. The number of nitrogens with zero attached hydrogens (tertiary/aromatic N) is 2. The molecule has 0 bridgehead atoms. The van der Waals surface area contributed by atoms with Crippen molar-refractivity contribution in [1.29, 1.82) is 0 Å². The molecule has 0 aliphatic rings. The number of rotatable bonds is 1. The molecule has 13 heavy (non-hydrogen) atoms. The van der Waals surface area contributed by atoms with Crippen molar-refractivity contribution >= 4 is 5.82 Å². The molecular weight excluding hydrogens is 166 g/mol. The quantitative estimate of drug-likeness (QED) is 0.683. The predicted molar refractivity (Wildman–Crippen MR) is 49.6 cm³/mol. The number of nitrogen functional groups attached to an aromatic ring is 1. The molecule has 2 rings (SSSR count). The molecule has 2 aromatic rings. The minimum absolute atomic E-state index is 0.0451. The summed E-state index contributed by atoms with van der Waals surface area (Å²) in [5.74, 6) is 0.352. The summed E-state index contributed by atoms with van der Waals surface area (Å²) in [7, 11) is 0. The van der Waals surface area contributed by atoms with E-state index in [1.165, 1.54) is 10.7 Å². The molecule has 4 nitrogen and oxygen atoms in total. The van der Waals surface area contributed by atoms with Gasteiger partial charge in [-0.3, -0.25) is 0 Å². The lowest BCUT2D eigenvalue weighted by Crippen LogP contribution is -1.96. The van der Waals surface area contributed by atoms with Crippen LogP contribution in [0.2, 0.25) is 0 Å². The fourth-order valence-corrected chi connectivity index (χ4v) is 1.15. The van der Waals surface area contributed by atoms with Gasteiger partial charge >= 0.3 is 0 Å². The van der Waals surface area contributed by atoms with Gasteiger partial charge in [-0.05, 0) is 12.1 Å². The molecule has 0 fully saturated rings. The summed E-state index contributed by atoms with van der Waals surface area (Å²) in [5, 5.41) is 13.3. The summed E-state index contributed by atoms with van der Waals surface area (Å²) in [6.45, 7) is 0. The highest BCUT2D eigenvalue weighted by Crippen LogP contribution is 2.18. The highest BCUT2D eigenvalue weighted by molar-refractivity contribution is 5.40. The van der Waals surface area contributed by atoms with Crippen LogP contribution in [0.1, 0.15) is 0 Å². The molecule has 4 heteroatoms. The van der Waals surface area contributed by atoms with E-state index < -0.39 is 0 Å². The van der Waals surface area contributed by atoms with Crippen LogP contribution in [0, 0.1) is 0 Å². The first-order valence-electron chi connectivity index (χ1n) is 3.87. The van der Waals surface area contributed by atoms with Gasteiger partial charge < -0.3 is 10.8 Å². The SMILES string of the molecule is Nc1cc(O)n(-c2ccccc2)n1. The first kappa shape index (κ1) is 7.67.